The van der Waals surface area contributed by atoms with Crippen LogP contribution < -0.4 is 0 Å². The van der Waals surface area contributed by atoms with Gasteiger partial charge in [-0.3, -0.25) is 0 Å². The van der Waals surface area contributed by atoms with Crippen LogP contribution in [-0.2, 0) is 0 Å². The number of aryl methyl sites for hydroxylation is 1. The lowest BCUT2D eigenvalue weighted by Crippen LogP contribution is -2.13. The van der Waals surface area contributed by atoms with Gasteiger partial charge in [-0.1, -0.05) is 6.92 Å². The van der Waals surface area contributed by atoms with E-state index in [1.807, 2.05) is 11.3 Å². The Morgan fingerprint density at radius 1 is 1.46 bits per heavy atom. The van der Waals surface area contributed by atoms with Crippen LogP contribution in [0.4, 0.5) is 0 Å². The minimum atomic E-state index is 0.781. The second-order valence-corrected chi connectivity index (χ2v) is 5.27. The van der Waals surface area contributed by atoms with Gasteiger partial charge in [-0.2, -0.15) is 0 Å². The second-order valence-electron chi connectivity index (χ2n) is 4.33. The minimum Gasteiger partial charge on any atom is -0.305 e. The molecule has 0 bridgehead atoms. The third-order valence-electron chi connectivity index (χ3n) is 2.91. The molecule has 1 aromatic heterocycles. The molecule has 2 rings (SSSR count). The predicted octanol–water partition coefficient (Wildman–Crippen LogP) is 2.72. The Balaban J connectivity index is 2.17. The molecule has 1 aromatic rings. The van der Waals surface area contributed by atoms with E-state index >= 15 is 0 Å². The molecule has 0 aliphatic carbocycles. The smallest absolute Gasteiger partial charge is 0.00980 e. The SMILES string of the molecule is Cc1csc([C@@H]2CN(C)CC2C)c1. The van der Waals surface area contributed by atoms with E-state index in [1.54, 1.807) is 4.88 Å². The summed E-state index contributed by atoms with van der Waals surface area (Å²) >= 11 is 1.93. The fourth-order valence-corrected chi connectivity index (χ4v) is 3.35. The minimum absolute atomic E-state index is 0.781. The van der Waals surface area contributed by atoms with E-state index in [9.17, 15) is 0 Å². The molecule has 0 aromatic carbocycles. The summed E-state index contributed by atoms with van der Waals surface area (Å²) in [5.74, 6) is 1.60. The van der Waals surface area contributed by atoms with Crippen LogP contribution in [0.3, 0.4) is 0 Å². The average Bonchev–Trinajstić information content (AvgIpc) is 2.58. The van der Waals surface area contributed by atoms with Crippen molar-refractivity contribution >= 4 is 11.3 Å². The molecule has 2 atom stereocenters. The van der Waals surface area contributed by atoms with Crippen LogP contribution in [0, 0.1) is 12.8 Å². The first-order valence-electron chi connectivity index (χ1n) is 4.90. The van der Waals surface area contributed by atoms with E-state index < -0.39 is 0 Å². The van der Waals surface area contributed by atoms with Crippen LogP contribution in [0.15, 0.2) is 11.4 Å². The Kier molecular flexibility index (Phi) is 2.43. The number of thiophene rings is 1. The van der Waals surface area contributed by atoms with Gasteiger partial charge in [0.1, 0.15) is 0 Å². The lowest BCUT2D eigenvalue weighted by atomic mass is 9.96. The zero-order valence-corrected chi connectivity index (χ0v) is 9.40. The molecular formula is C11H17NS. The first kappa shape index (κ1) is 9.22. The fraction of sp³-hybridized carbons (Fsp3) is 0.636. The largest absolute Gasteiger partial charge is 0.305 e. The van der Waals surface area contributed by atoms with Crippen molar-refractivity contribution in [3.05, 3.63) is 21.9 Å². The molecule has 1 saturated heterocycles. The number of hydrogen-bond acceptors (Lipinski definition) is 2. The van der Waals surface area contributed by atoms with Gasteiger partial charge in [-0.05, 0) is 36.9 Å². The van der Waals surface area contributed by atoms with Gasteiger partial charge in [0.05, 0.1) is 0 Å². The van der Waals surface area contributed by atoms with E-state index in [0.29, 0.717) is 0 Å². The van der Waals surface area contributed by atoms with Crippen LogP contribution in [-0.4, -0.2) is 25.0 Å². The highest BCUT2D eigenvalue weighted by atomic mass is 32.1. The zero-order chi connectivity index (χ0) is 9.42. The second kappa shape index (κ2) is 3.43. The van der Waals surface area contributed by atoms with Crippen molar-refractivity contribution in [2.75, 3.05) is 20.1 Å². The summed E-state index contributed by atoms with van der Waals surface area (Å²) in [7, 11) is 2.22. The molecule has 13 heavy (non-hydrogen) atoms. The van der Waals surface area contributed by atoms with Crippen LogP contribution in [0.5, 0.6) is 0 Å². The van der Waals surface area contributed by atoms with Gasteiger partial charge in [0.15, 0.2) is 0 Å². The molecule has 0 radical (unpaired) electrons. The molecule has 72 valence electrons. The van der Waals surface area contributed by atoms with Crippen LogP contribution in [0.1, 0.15) is 23.3 Å². The normalized spacial score (nSPS) is 29.8. The molecule has 2 heterocycles. The summed E-state index contributed by atoms with van der Waals surface area (Å²) in [4.78, 5) is 4.01. The van der Waals surface area contributed by atoms with Gasteiger partial charge in [0.25, 0.3) is 0 Å². The Hall–Kier alpha value is -0.340. The molecular weight excluding hydrogens is 178 g/mol. The van der Waals surface area contributed by atoms with Gasteiger partial charge in [-0.25, -0.2) is 0 Å². The molecule has 0 spiro atoms. The summed E-state index contributed by atoms with van der Waals surface area (Å²) in [6.07, 6.45) is 0. The van der Waals surface area contributed by atoms with Crippen LogP contribution in [0.2, 0.25) is 0 Å². The van der Waals surface area contributed by atoms with E-state index in [1.165, 1.54) is 18.7 Å². The number of rotatable bonds is 1. The van der Waals surface area contributed by atoms with Gasteiger partial charge in [0.2, 0.25) is 0 Å². The zero-order valence-electron chi connectivity index (χ0n) is 8.58. The topological polar surface area (TPSA) is 3.24 Å². The van der Waals surface area contributed by atoms with E-state index in [-0.39, 0.29) is 0 Å². The number of hydrogen-bond donors (Lipinski definition) is 0. The van der Waals surface area contributed by atoms with Crippen LogP contribution in [0.25, 0.3) is 0 Å². The number of likely N-dealkylation sites (N-methyl/N-ethyl adjacent to an activating group) is 1. The van der Waals surface area contributed by atoms with Crippen molar-refractivity contribution in [1.82, 2.24) is 4.90 Å². The Morgan fingerprint density at radius 3 is 2.69 bits per heavy atom. The summed E-state index contributed by atoms with van der Waals surface area (Å²) in [6, 6.07) is 2.35. The maximum Gasteiger partial charge on any atom is 0.00980 e. The monoisotopic (exact) mass is 195 g/mol. The van der Waals surface area contributed by atoms with Gasteiger partial charge >= 0.3 is 0 Å². The van der Waals surface area contributed by atoms with Crippen molar-refractivity contribution < 1.29 is 0 Å². The highest BCUT2D eigenvalue weighted by molar-refractivity contribution is 7.10. The third-order valence-corrected chi connectivity index (χ3v) is 4.09. The molecule has 1 unspecified atom stereocenters. The highest BCUT2D eigenvalue weighted by Crippen LogP contribution is 2.34. The lowest BCUT2D eigenvalue weighted by Gasteiger charge is -2.11. The van der Waals surface area contributed by atoms with Crippen molar-refractivity contribution in [2.45, 2.75) is 19.8 Å². The molecule has 2 heteroatoms. The summed E-state index contributed by atoms with van der Waals surface area (Å²) in [5, 5.41) is 2.26. The van der Waals surface area contributed by atoms with Crippen LogP contribution >= 0.6 is 11.3 Å². The summed E-state index contributed by atoms with van der Waals surface area (Å²) in [6.45, 7) is 7.04. The Labute approximate surface area is 84.4 Å². The van der Waals surface area contributed by atoms with Crippen molar-refractivity contribution in [2.24, 2.45) is 5.92 Å². The number of nitrogens with zero attached hydrogens (tertiary/aromatic N) is 1. The molecule has 1 nitrogen and oxygen atoms in total. The first-order chi connectivity index (χ1) is 6.16. The number of likely N-dealkylation sites (tertiary alicyclic amines) is 1. The highest BCUT2D eigenvalue weighted by Gasteiger charge is 2.29. The van der Waals surface area contributed by atoms with Crippen molar-refractivity contribution in [3.8, 4) is 0 Å². The summed E-state index contributed by atoms with van der Waals surface area (Å²) < 4.78 is 0. The fourth-order valence-electron chi connectivity index (χ4n) is 2.23. The Morgan fingerprint density at radius 2 is 2.23 bits per heavy atom. The molecule has 1 fully saturated rings. The van der Waals surface area contributed by atoms with Gasteiger partial charge < -0.3 is 4.90 Å². The lowest BCUT2D eigenvalue weighted by molar-refractivity contribution is 0.401. The maximum absolute atomic E-state index is 2.43. The molecule has 0 amide bonds. The van der Waals surface area contributed by atoms with Gasteiger partial charge in [0, 0.05) is 23.9 Å². The predicted molar refractivity (Wildman–Crippen MR) is 58.5 cm³/mol. The van der Waals surface area contributed by atoms with E-state index in [2.05, 4.69) is 37.2 Å². The molecule has 0 N–H and O–H groups in total. The molecule has 1 aliphatic heterocycles. The summed E-state index contributed by atoms with van der Waals surface area (Å²) in [5.41, 5.74) is 1.42. The Bertz CT molecular complexity index is 292. The van der Waals surface area contributed by atoms with Gasteiger partial charge in [-0.15, -0.1) is 11.3 Å². The maximum atomic E-state index is 2.43. The van der Waals surface area contributed by atoms with Crippen molar-refractivity contribution in [1.29, 1.82) is 0 Å². The molecule has 0 saturated carbocycles. The standard InChI is InChI=1S/C11H17NS/c1-8-4-11(13-7-8)10-6-12(3)5-9(10)2/h4,7,9-10H,5-6H2,1-3H3/t9?,10-/m1/s1. The van der Waals surface area contributed by atoms with E-state index in [0.717, 1.165) is 11.8 Å². The molecule has 1 aliphatic rings. The quantitative estimate of drug-likeness (QED) is 0.666. The average molecular weight is 195 g/mol. The first-order valence-corrected chi connectivity index (χ1v) is 5.78. The van der Waals surface area contributed by atoms with Crippen molar-refractivity contribution in [3.63, 3.8) is 0 Å². The third kappa shape index (κ3) is 1.79. The van der Waals surface area contributed by atoms with E-state index in [4.69, 9.17) is 0 Å².